The predicted molar refractivity (Wildman–Crippen MR) is 116 cm³/mol. The zero-order chi connectivity index (χ0) is 23.3. The number of amides is 1. The maximum Gasteiger partial charge on any atom is 0.419 e. The first kappa shape index (κ1) is 22.9. The lowest BCUT2D eigenvalue weighted by Gasteiger charge is -2.18. The van der Waals surface area contributed by atoms with Crippen molar-refractivity contribution in [1.82, 2.24) is 10.3 Å². The van der Waals surface area contributed by atoms with Gasteiger partial charge in [-0.3, -0.25) is 4.79 Å². The second-order valence-corrected chi connectivity index (χ2v) is 6.74. The van der Waals surface area contributed by atoms with Gasteiger partial charge in [-0.05, 0) is 49.4 Å². The normalized spacial score (nSPS) is 11.1. The Bertz CT molecular complexity index is 1100. The number of hydrogen-bond donors (Lipinski definition) is 4. The summed E-state index contributed by atoms with van der Waals surface area (Å²) >= 11 is 0. The number of benzene rings is 2. The van der Waals surface area contributed by atoms with Gasteiger partial charge in [0.05, 0.1) is 22.5 Å². The summed E-state index contributed by atoms with van der Waals surface area (Å²) in [6.45, 7) is 2.72. The molecule has 0 saturated heterocycles. The average Bonchev–Trinajstić information content (AvgIpc) is 2.75. The van der Waals surface area contributed by atoms with Crippen LogP contribution in [-0.4, -0.2) is 24.5 Å². The Morgan fingerprint density at radius 3 is 2.28 bits per heavy atom. The molecule has 32 heavy (non-hydrogen) atoms. The molecule has 1 heterocycles. The van der Waals surface area contributed by atoms with Gasteiger partial charge >= 0.3 is 6.18 Å². The molecule has 6 nitrogen and oxygen atoms in total. The van der Waals surface area contributed by atoms with Gasteiger partial charge in [-0.25, -0.2) is 9.37 Å². The number of alkyl halides is 3. The molecule has 0 atom stereocenters. The minimum Gasteiger partial charge on any atom is -0.385 e. The van der Waals surface area contributed by atoms with E-state index in [2.05, 4.69) is 26.3 Å². The van der Waals surface area contributed by atoms with Crippen molar-refractivity contribution in [2.24, 2.45) is 0 Å². The van der Waals surface area contributed by atoms with Gasteiger partial charge in [0.15, 0.2) is 0 Å². The highest BCUT2D eigenvalue weighted by atomic mass is 19.4. The van der Waals surface area contributed by atoms with Crippen molar-refractivity contribution in [3.63, 3.8) is 0 Å². The lowest BCUT2D eigenvalue weighted by Crippen LogP contribution is -2.20. The summed E-state index contributed by atoms with van der Waals surface area (Å²) in [6, 6.07) is 11.5. The number of halogens is 4. The van der Waals surface area contributed by atoms with Gasteiger partial charge in [0, 0.05) is 37.2 Å². The standard InChI is InChI=1S/C22H21F4N5O/c1-3-28-14-5-7-15(8-6-14)30-20-11-19(17(12-29-20)22(24,25)26)31-18-9-4-13(23)10-16(18)21(32)27-2/h4-12,28H,3H2,1-2H3,(H,27,32)(H2,29,30,31). The average molecular weight is 447 g/mol. The fourth-order valence-corrected chi connectivity index (χ4v) is 2.97. The highest BCUT2D eigenvalue weighted by Gasteiger charge is 2.34. The molecule has 0 aliphatic heterocycles. The van der Waals surface area contributed by atoms with Gasteiger partial charge < -0.3 is 21.3 Å². The molecule has 1 amide bonds. The summed E-state index contributed by atoms with van der Waals surface area (Å²) < 4.78 is 54.3. The van der Waals surface area contributed by atoms with Crippen LogP contribution in [0.5, 0.6) is 0 Å². The van der Waals surface area contributed by atoms with E-state index in [1.165, 1.54) is 19.2 Å². The summed E-state index contributed by atoms with van der Waals surface area (Å²) in [4.78, 5) is 15.9. The Hall–Kier alpha value is -3.82. The molecule has 2 aromatic carbocycles. The van der Waals surface area contributed by atoms with Crippen LogP contribution in [0, 0.1) is 5.82 Å². The van der Waals surface area contributed by atoms with Gasteiger partial charge in [-0.15, -0.1) is 0 Å². The van der Waals surface area contributed by atoms with Crippen LogP contribution < -0.4 is 21.3 Å². The Morgan fingerprint density at radius 1 is 0.969 bits per heavy atom. The van der Waals surface area contributed by atoms with Crippen LogP contribution in [0.15, 0.2) is 54.7 Å². The predicted octanol–water partition coefficient (Wildman–Crippen LogP) is 5.52. The van der Waals surface area contributed by atoms with E-state index in [1.54, 1.807) is 12.1 Å². The van der Waals surface area contributed by atoms with Gasteiger partial charge in [-0.1, -0.05) is 0 Å². The molecular weight excluding hydrogens is 426 g/mol. The van der Waals surface area contributed by atoms with Crippen LogP contribution in [-0.2, 0) is 6.18 Å². The lowest BCUT2D eigenvalue weighted by atomic mass is 10.1. The zero-order valence-corrected chi connectivity index (χ0v) is 17.3. The number of hydrogen-bond acceptors (Lipinski definition) is 5. The first-order valence-electron chi connectivity index (χ1n) is 9.68. The summed E-state index contributed by atoms with van der Waals surface area (Å²) in [5, 5.41) is 11.0. The molecule has 0 saturated carbocycles. The number of pyridine rings is 1. The van der Waals surface area contributed by atoms with Gasteiger partial charge in [0.1, 0.15) is 11.6 Å². The molecule has 0 bridgehead atoms. The van der Waals surface area contributed by atoms with Crippen molar-refractivity contribution in [2.45, 2.75) is 13.1 Å². The number of carbonyl (C=O) groups excluding carboxylic acids is 1. The fraction of sp³-hybridized carbons (Fsp3) is 0.182. The van der Waals surface area contributed by atoms with E-state index in [4.69, 9.17) is 0 Å². The number of nitrogens with zero attached hydrogens (tertiary/aromatic N) is 1. The van der Waals surface area contributed by atoms with Crippen LogP contribution in [0.2, 0.25) is 0 Å². The van der Waals surface area contributed by atoms with E-state index >= 15 is 0 Å². The van der Waals surface area contributed by atoms with Crippen LogP contribution in [0.4, 0.5) is 46.1 Å². The maximum absolute atomic E-state index is 13.6. The van der Waals surface area contributed by atoms with Crippen molar-refractivity contribution >= 4 is 34.5 Å². The molecule has 168 valence electrons. The van der Waals surface area contributed by atoms with E-state index < -0.39 is 23.5 Å². The third-order valence-electron chi connectivity index (χ3n) is 4.47. The Kier molecular flexibility index (Phi) is 6.82. The van der Waals surface area contributed by atoms with E-state index in [0.29, 0.717) is 11.9 Å². The Labute approximate surface area is 182 Å². The lowest BCUT2D eigenvalue weighted by molar-refractivity contribution is -0.137. The molecule has 3 rings (SSSR count). The second-order valence-electron chi connectivity index (χ2n) is 6.74. The molecular formula is C22H21F4N5O. The summed E-state index contributed by atoms with van der Waals surface area (Å²) in [7, 11) is 1.34. The second kappa shape index (κ2) is 9.54. The summed E-state index contributed by atoms with van der Waals surface area (Å²) in [5.41, 5.74) is 0.0413. The van der Waals surface area contributed by atoms with Crippen LogP contribution >= 0.6 is 0 Å². The van der Waals surface area contributed by atoms with Crippen LogP contribution in [0.25, 0.3) is 0 Å². The minimum atomic E-state index is -4.70. The van der Waals surface area contributed by atoms with E-state index in [1.807, 2.05) is 19.1 Å². The molecule has 0 radical (unpaired) electrons. The quantitative estimate of drug-likeness (QED) is 0.359. The van der Waals surface area contributed by atoms with E-state index in [9.17, 15) is 22.4 Å². The maximum atomic E-state index is 13.6. The summed E-state index contributed by atoms with van der Waals surface area (Å²) in [5.74, 6) is -1.18. The van der Waals surface area contributed by atoms with Crippen molar-refractivity contribution in [2.75, 3.05) is 29.5 Å². The molecule has 3 aromatic rings. The zero-order valence-electron chi connectivity index (χ0n) is 17.3. The molecule has 4 N–H and O–H groups in total. The summed E-state index contributed by atoms with van der Waals surface area (Å²) in [6.07, 6.45) is -4.00. The third-order valence-corrected chi connectivity index (χ3v) is 4.47. The molecule has 0 spiro atoms. The largest absolute Gasteiger partial charge is 0.419 e. The number of carbonyl (C=O) groups is 1. The molecule has 1 aromatic heterocycles. The molecule has 0 aliphatic rings. The number of rotatable bonds is 7. The van der Waals surface area contributed by atoms with E-state index in [0.717, 1.165) is 24.4 Å². The molecule has 0 unspecified atom stereocenters. The van der Waals surface area contributed by atoms with Crippen LogP contribution in [0.1, 0.15) is 22.8 Å². The smallest absolute Gasteiger partial charge is 0.385 e. The minimum absolute atomic E-state index is 0.0170. The fourth-order valence-electron chi connectivity index (χ4n) is 2.97. The molecule has 0 fully saturated rings. The first-order valence-corrected chi connectivity index (χ1v) is 9.68. The van der Waals surface area contributed by atoms with Crippen molar-refractivity contribution in [3.8, 4) is 0 Å². The van der Waals surface area contributed by atoms with Crippen molar-refractivity contribution < 1.29 is 22.4 Å². The molecule has 0 aliphatic carbocycles. The first-order chi connectivity index (χ1) is 15.2. The van der Waals surface area contributed by atoms with E-state index in [-0.39, 0.29) is 22.8 Å². The number of aromatic nitrogens is 1. The third kappa shape index (κ3) is 5.45. The van der Waals surface area contributed by atoms with Crippen molar-refractivity contribution in [1.29, 1.82) is 0 Å². The van der Waals surface area contributed by atoms with Gasteiger partial charge in [0.2, 0.25) is 0 Å². The molecule has 10 heteroatoms. The van der Waals surface area contributed by atoms with Crippen molar-refractivity contribution in [3.05, 3.63) is 71.7 Å². The number of nitrogens with one attached hydrogen (secondary N) is 4. The Balaban J connectivity index is 1.96. The number of anilines is 5. The highest BCUT2D eigenvalue weighted by molar-refractivity contribution is 6.00. The topological polar surface area (TPSA) is 78.1 Å². The Morgan fingerprint density at radius 2 is 1.66 bits per heavy atom. The highest BCUT2D eigenvalue weighted by Crippen LogP contribution is 2.37. The monoisotopic (exact) mass is 447 g/mol. The van der Waals surface area contributed by atoms with Gasteiger partial charge in [-0.2, -0.15) is 13.2 Å². The van der Waals surface area contributed by atoms with Crippen LogP contribution in [0.3, 0.4) is 0 Å². The SMILES string of the molecule is CCNc1ccc(Nc2cc(Nc3ccc(F)cc3C(=O)NC)c(C(F)(F)F)cn2)cc1. The van der Waals surface area contributed by atoms with Gasteiger partial charge in [0.25, 0.3) is 5.91 Å².